The Morgan fingerprint density at radius 3 is 2.31 bits per heavy atom. The number of halogens is 3. The number of hydrogen-bond donors (Lipinski definition) is 1. The lowest BCUT2D eigenvalue weighted by molar-refractivity contribution is -0.175. The average Bonchev–Trinajstić information content (AvgIpc) is 3.10. The zero-order valence-corrected chi connectivity index (χ0v) is 19.9. The zero-order chi connectivity index (χ0) is 23.9. The van der Waals surface area contributed by atoms with Gasteiger partial charge in [0.15, 0.2) is 0 Å². The number of hydrogen-bond acceptors (Lipinski definition) is 4. The van der Waals surface area contributed by atoms with Crippen LogP contribution < -0.4 is 4.72 Å². The molecular formula is C21H28ClF2N3O4S. The molecule has 11 heteroatoms. The molecule has 0 aromatic heterocycles. The number of nitrogens with zero attached hydrogens (tertiary/aromatic N) is 2. The molecule has 2 aliphatic rings. The fourth-order valence-electron chi connectivity index (χ4n) is 4.10. The lowest BCUT2D eigenvalue weighted by Gasteiger charge is -2.54. The van der Waals surface area contributed by atoms with Gasteiger partial charge in [-0.1, -0.05) is 11.6 Å². The molecule has 178 valence electrons. The maximum absolute atomic E-state index is 14.0. The SMILES string of the molecule is CC(F)(F)C(C)(C)C(=O)N1CCCC12CN(C(=O)CCNS(=O)(=O)c1ccc(Cl)cc1)C2. The van der Waals surface area contributed by atoms with Crippen molar-refractivity contribution in [3.63, 3.8) is 0 Å². The summed E-state index contributed by atoms with van der Waals surface area (Å²) in [5, 5.41) is 0.413. The van der Waals surface area contributed by atoms with Gasteiger partial charge in [-0.05, 0) is 51.0 Å². The second-order valence-electron chi connectivity index (χ2n) is 9.15. The molecule has 2 aliphatic heterocycles. The minimum absolute atomic E-state index is 0.0463. The van der Waals surface area contributed by atoms with E-state index in [4.69, 9.17) is 11.6 Å². The van der Waals surface area contributed by atoms with E-state index < -0.39 is 32.8 Å². The van der Waals surface area contributed by atoms with Gasteiger partial charge >= 0.3 is 0 Å². The van der Waals surface area contributed by atoms with Crippen molar-refractivity contribution in [2.45, 2.75) is 56.4 Å². The summed E-state index contributed by atoms with van der Waals surface area (Å²) in [5.41, 5.74) is -2.45. The van der Waals surface area contributed by atoms with E-state index in [-0.39, 0.29) is 36.9 Å². The first-order chi connectivity index (χ1) is 14.7. The van der Waals surface area contributed by atoms with Crippen LogP contribution >= 0.6 is 11.6 Å². The van der Waals surface area contributed by atoms with Gasteiger partial charge in [-0.15, -0.1) is 0 Å². The van der Waals surface area contributed by atoms with Gasteiger partial charge in [-0.3, -0.25) is 9.59 Å². The van der Waals surface area contributed by atoms with Crippen LogP contribution in [-0.4, -0.2) is 67.7 Å². The molecule has 1 aromatic rings. The van der Waals surface area contributed by atoms with Gasteiger partial charge in [-0.2, -0.15) is 0 Å². The Morgan fingerprint density at radius 2 is 1.75 bits per heavy atom. The van der Waals surface area contributed by atoms with Gasteiger partial charge in [0.25, 0.3) is 5.92 Å². The average molecular weight is 492 g/mol. The monoisotopic (exact) mass is 491 g/mol. The van der Waals surface area contributed by atoms with Crippen molar-refractivity contribution in [1.82, 2.24) is 14.5 Å². The summed E-state index contributed by atoms with van der Waals surface area (Å²) in [6, 6.07) is 5.67. The Labute approximate surface area is 192 Å². The van der Waals surface area contributed by atoms with E-state index in [0.717, 1.165) is 6.92 Å². The van der Waals surface area contributed by atoms with Crippen molar-refractivity contribution in [3.05, 3.63) is 29.3 Å². The van der Waals surface area contributed by atoms with Crippen molar-refractivity contribution < 1.29 is 26.8 Å². The van der Waals surface area contributed by atoms with Crippen LogP contribution in [0.25, 0.3) is 0 Å². The largest absolute Gasteiger partial charge is 0.338 e. The number of sulfonamides is 1. The van der Waals surface area contributed by atoms with Crippen LogP contribution in [0.3, 0.4) is 0 Å². The third kappa shape index (κ3) is 4.63. The van der Waals surface area contributed by atoms with Crippen LogP contribution in [0.15, 0.2) is 29.2 Å². The molecule has 0 saturated carbocycles. The van der Waals surface area contributed by atoms with E-state index in [1.165, 1.54) is 43.0 Å². The number of nitrogens with one attached hydrogen (secondary N) is 1. The van der Waals surface area contributed by atoms with Crippen LogP contribution in [0.2, 0.25) is 5.02 Å². The first-order valence-electron chi connectivity index (χ1n) is 10.4. The van der Waals surface area contributed by atoms with E-state index in [9.17, 15) is 26.8 Å². The Hall–Kier alpha value is -1.78. The normalized spacial score (nSPS) is 18.7. The molecule has 0 aliphatic carbocycles. The number of rotatable bonds is 7. The molecular weight excluding hydrogens is 464 g/mol. The van der Waals surface area contributed by atoms with E-state index in [2.05, 4.69) is 4.72 Å². The number of carbonyl (C=O) groups excluding carboxylic acids is 2. The van der Waals surface area contributed by atoms with E-state index in [1.807, 2.05) is 0 Å². The van der Waals surface area contributed by atoms with Crippen LogP contribution in [-0.2, 0) is 19.6 Å². The van der Waals surface area contributed by atoms with Gasteiger partial charge in [0.05, 0.1) is 10.4 Å². The highest BCUT2D eigenvalue weighted by atomic mass is 35.5. The standard InChI is InChI=1S/C21H28ClF2N3O4S/c1-19(2,20(3,23)24)18(29)27-12-4-10-21(27)13-26(14-21)17(28)9-11-25-32(30,31)16-7-5-15(22)6-8-16/h5-8,25H,4,9-14H2,1-3H3. The minimum atomic E-state index is -3.76. The van der Waals surface area contributed by atoms with Gasteiger partial charge in [0.1, 0.15) is 5.41 Å². The number of likely N-dealkylation sites (tertiary alicyclic amines) is 2. The molecule has 2 saturated heterocycles. The van der Waals surface area contributed by atoms with Gasteiger partial charge in [0.2, 0.25) is 21.8 Å². The third-order valence-corrected chi connectivity index (χ3v) is 8.28. The van der Waals surface area contributed by atoms with E-state index in [1.54, 1.807) is 4.90 Å². The topological polar surface area (TPSA) is 86.8 Å². The molecule has 0 bridgehead atoms. The van der Waals surface area contributed by atoms with Crippen molar-refractivity contribution >= 4 is 33.4 Å². The highest BCUT2D eigenvalue weighted by molar-refractivity contribution is 7.89. The third-order valence-electron chi connectivity index (χ3n) is 6.55. The van der Waals surface area contributed by atoms with Crippen LogP contribution in [0.5, 0.6) is 0 Å². The highest BCUT2D eigenvalue weighted by Gasteiger charge is 2.58. The Bertz CT molecular complexity index is 987. The highest BCUT2D eigenvalue weighted by Crippen LogP contribution is 2.44. The quantitative estimate of drug-likeness (QED) is 0.635. The fourth-order valence-corrected chi connectivity index (χ4v) is 5.26. The molecule has 0 unspecified atom stereocenters. The minimum Gasteiger partial charge on any atom is -0.338 e. The van der Waals surface area contributed by atoms with Gasteiger partial charge < -0.3 is 9.80 Å². The molecule has 1 aromatic carbocycles. The van der Waals surface area contributed by atoms with Crippen LogP contribution in [0.4, 0.5) is 8.78 Å². The molecule has 2 heterocycles. The summed E-state index contributed by atoms with van der Waals surface area (Å²) in [6.07, 6.45) is 1.30. The number of carbonyl (C=O) groups is 2. The molecule has 1 N–H and O–H groups in total. The van der Waals surface area contributed by atoms with Crippen molar-refractivity contribution in [2.24, 2.45) is 5.41 Å². The smallest absolute Gasteiger partial charge is 0.259 e. The number of benzene rings is 1. The van der Waals surface area contributed by atoms with Gasteiger partial charge in [-0.25, -0.2) is 21.9 Å². The summed E-state index contributed by atoms with van der Waals surface area (Å²) in [4.78, 5) is 28.5. The van der Waals surface area contributed by atoms with Crippen molar-refractivity contribution in [1.29, 1.82) is 0 Å². The van der Waals surface area contributed by atoms with Crippen LogP contribution in [0.1, 0.15) is 40.0 Å². The fraction of sp³-hybridized carbons (Fsp3) is 0.619. The first-order valence-corrected chi connectivity index (χ1v) is 12.3. The molecule has 2 fully saturated rings. The van der Waals surface area contributed by atoms with E-state index >= 15 is 0 Å². The molecule has 7 nitrogen and oxygen atoms in total. The van der Waals surface area contributed by atoms with E-state index in [0.29, 0.717) is 24.4 Å². The van der Waals surface area contributed by atoms with Crippen molar-refractivity contribution in [3.8, 4) is 0 Å². The Morgan fingerprint density at radius 1 is 1.16 bits per heavy atom. The lowest BCUT2D eigenvalue weighted by Crippen LogP contribution is -2.71. The number of amides is 2. The van der Waals surface area contributed by atoms with Crippen LogP contribution in [0, 0.1) is 5.41 Å². The second-order valence-corrected chi connectivity index (χ2v) is 11.4. The maximum Gasteiger partial charge on any atom is 0.259 e. The Kier molecular flexibility index (Phi) is 6.63. The number of alkyl halides is 2. The zero-order valence-electron chi connectivity index (χ0n) is 18.3. The molecule has 2 amide bonds. The summed E-state index contributed by atoms with van der Waals surface area (Å²) in [5.74, 6) is -4.03. The molecule has 0 atom stereocenters. The summed E-state index contributed by atoms with van der Waals surface area (Å²) in [6.45, 7) is 4.09. The molecule has 3 rings (SSSR count). The predicted molar refractivity (Wildman–Crippen MR) is 116 cm³/mol. The van der Waals surface area contributed by atoms with Gasteiger partial charge in [0, 0.05) is 44.5 Å². The Balaban J connectivity index is 1.54. The second kappa shape index (κ2) is 8.53. The lowest BCUT2D eigenvalue weighted by atomic mass is 9.81. The predicted octanol–water partition coefficient (Wildman–Crippen LogP) is 2.89. The summed E-state index contributed by atoms with van der Waals surface area (Å²) in [7, 11) is -3.76. The molecule has 32 heavy (non-hydrogen) atoms. The molecule has 1 spiro atoms. The summed E-state index contributed by atoms with van der Waals surface area (Å²) >= 11 is 5.77. The first kappa shape index (κ1) is 24.9. The van der Waals surface area contributed by atoms with Crippen molar-refractivity contribution in [2.75, 3.05) is 26.2 Å². The summed E-state index contributed by atoms with van der Waals surface area (Å²) < 4.78 is 54.9. The maximum atomic E-state index is 14.0. The molecule has 0 radical (unpaired) electrons.